The second kappa shape index (κ2) is 13.2. The second-order valence-electron chi connectivity index (χ2n) is 7.49. The number of hydrogen-bond donors (Lipinski definition) is 3. The van der Waals surface area contributed by atoms with Gasteiger partial charge in [-0.25, -0.2) is 0 Å². The van der Waals surface area contributed by atoms with Crippen molar-refractivity contribution in [3.8, 4) is 5.75 Å². The number of nitrogens with one attached hydrogen (secondary N) is 3. The first kappa shape index (κ1) is 25.0. The van der Waals surface area contributed by atoms with Crippen LogP contribution in [0, 0.1) is 5.92 Å². The molecule has 1 amide bonds. The quantitative estimate of drug-likeness (QED) is 0.260. The van der Waals surface area contributed by atoms with Crippen LogP contribution in [0.15, 0.2) is 53.5 Å². The summed E-state index contributed by atoms with van der Waals surface area (Å²) in [4.78, 5) is 16.7. The number of aliphatic imine (C=N–C) groups is 1. The Morgan fingerprint density at radius 2 is 1.81 bits per heavy atom. The molecule has 1 aliphatic carbocycles. The normalized spacial score (nSPS) is 13.9. The van der Waals surface area contributed by atoms with Crippen molar-refractivity contribution in [2.75, 3.05) is 19.0 Å². The molecule has 3 rings (SSSR count). The second-order valence-corrected chi connectivity index (χ2v) is 7.49. The van der Waals surface area contributed by atoms with Crippen LogP contribution < -0.4 is 20.7 Å². The number of para-hydroxylation sites is 1. The van der Waals surface area contributed by atoms with Gasteiger partial charge in [0.15, 0.2) is 5.96 Å². The Balaban J connectivity index is 0.00000341. The Bertz CT molecular complexity index is 866. The predicted molar refractivity (Wildman–Crippen MR) is 137 cm³/mol. The number of rotatable bonds is 8. The van der Waals surface area contributed by atoms with Crippen molar-refractivity contribution in [3.05, 3.63) is 59.7 Å². The number of benzene rings is 2. The summed E-state index contributed by atoms with van der Waals surface area (Å²) < 4.78 is 5.68. The van der Waals surface area contributed by atoms with E-state index in [1.807, 2.05) is 55.5 Å². The van der Waals surface area contributed by atoms with E-state index in [1.54, 1.807) is 7.05 Å². The van der Waals surface area contributed by atoms with E-state index in [0.29, 0.717) is 25.7 Å². The average Bonchev–Trinajstić information content (AvgIpc) is 3.30. The number of hydrogen-bond acceptors (Lipinski definition) is 3. The number of guanidine groups is 1. The molecule has 6 nitrogen and oxygen atoms in total. The van der Waals surface area contributed by atoms with Gasteiger partial charge >= 0.3 is 0 Å². The summed E-state index contributed by atoms with van der Waals surface area (Å²) in [6, 6.07) is 15.9. The lowest BCUT2D eigenvalue weighted by atomic mass is 10.1. The monoisotopic (exact) mass is 536 g/mol. The maximum Gasteiger partial charge on any atom is 0.227 e. The van der Waals surface area contributed by atoms with Crippen LogP contribution in [-0.2, 0) is 17.9 Å². The highest BCUT2D eigenvalue weighted by molar-refractivity contribution is 14.0. The fourth-order valence-electron chi connectivity index (χ4n) is 3.72. The number of amides is 1. The summed E-state index contributed by atoms with van der Waals surface area (Å²) >= 11 is 0. The lowest BCUT2D eigenvalue weighted by molar-refractivity contribution is -0.119. The summed E-state index contributed by atoms with van der Waals surface area (Å²) in [5.41, 5.74) is 3.01. The molecule has 0 heterocycles. The van der Waals surface area contributed by atoms with Crippen molar-refractivity contribution in [1.82, 2.24) is 10.6 Å². The molecular weight excluding hydrogens is 503 g/mol. The molecule has 3 N–H and O–H groups in total. The molecule has 0 radical (unpaired) electrons. The van der Waals surface area contributed by atoms with Crippen LogP contribution in [0.1, 0.15) is 43.7 Å². The van der Waals surface area contributed by atoms with Gasteiger partial charge in [0, 0.05) is 37.3 Å². The summed E-state index contributed by atoms with van der Waals surface area (Å²) in [7, 11) is 1.75. The van der Waals surface area contributed by atoms with E-state index in [9.17, 15) is 4.79 Å². The molecule has 1 aliphatic rings. The van der Waals surface area contributed by atoms with Crippen molar-refractivity contribution in [2.24, 2.45) is 10.9 Å². The Labute approximate surface area is 202 Å². The number of ether oxygens (including phenoxy) is 1. The van der Waals surface area contributed by atoms with E-state index in [4.69, 9.17) is 4.74 Å². The fraction of sp³-hybridized carbons (Fsp3) is 0.417. The third-order valence-corrected chi connectivity index (χ3v) is 5.32. The Morgan fingerprint density at radius 1 is 1.06 bits per heavy atom. The Morgan fingerprint density at radius 3 is 2.55 bits per heavy atom. The van der Waals surface area contributed by atoms with Gasteiger partial charge in [0.05, 0.1) is 6.61 Å². The van der Waals surface area contributed by atoms with Crippen LogP contribution in [0.2, 0.25) is 0 Å². The molecule has 7 heteroatoms. The van der Waals surface area contributed by atoms with Gasteiger partial charge < -0.3 is 20.7 Å². The maximum atomic E-state index is 12.4. The lowest BCUT2D eigenvalue weighted by Crippen LogP contribution is -2.36. The highest BCUT2D eigenvalue weighted by atomic mass is 127. The molecule has 2 aromatic rings. The van der Waals surface area contributed by atoms with Gasteiger partial charge in [-0.1, -0.05) is 43.2 Å². The third kappa shape index (κ3) is 7.72. The van der Waals surface area contributed by atoms with Crippen LogP contribution in [-0.4, -0.2) is 25.5 Å². The van der Waals surface area contributed by atoms with Crippen molar-refractivity contribution in [3.63, 3.8) is 0 Å². The first-order valence-electron chi connectivity index (χ1n) is 10.7. The van der Waals surface area contributed by atoms with Crippen molar-refractivity contribution in [1.29, 1.82) is 0 Å². The number of carbonyl (C=O) groups excluding carboxylic acids is 1. The topological polar surface area (TPSA) is 74.8 Å². The van der Waals surface area contributed by atoms with Crippen molar-refractivity contribution in [2.45, 2.75) is 45.7 Å². The van der Waals surface area contributed by atoms with E-state index in [2.05, 4.69) is 20.9 Å². The van der Waals surface area contributed by atoms with Gasteiger partial charge in [-0.15, -0.1) is 24.0 Å². The molecule has 0 unspecified atom stereocenters. The zero-order valence-corrected chi connectivity index (χ0v) is 20.6. The van der Waals surface area contributed by atoms with Gasteiger partial charge in [-0.2, -0.15) is 0 Å². The molecule has 1 fully saturated rings. The van der Waals surface area contributed by atoms with Gasteiger partial charge in [0.25, 0.3) is 0 Å². The predicted octanol–water partition coefficient (Wildman–Crippen LogP) is 4.70. The van der Waals surface area contributed by atoms with Crippen molar-refractivity contribution < 1.29 is 9.53 Å². The van der Waals surface area contributed by atoms with Gasteiger partial charge in [-0.05, 0) is 43.5 Å². The largest absolute Gasteiger partial charge is 0.494 e. The number of nitrogens with zero attached hydrogens (tertiary/aromatic N) is 1. The lowest BCUT2D eigenvalue weighted by Gasteiger charge is -2.15. The SMILES string of the molecule is CCOc1ccccc1CNC(=NC)NCc1cccc(NC(=O)C2CCCC2)c1.I. The Kier molecular flexibility index (Phi) is 10.6. The zero-order chi connectivity index (χ0) is 21.2. The molecular formula is C24H33IN4O2. The highest BCUT2D eigenvalue weighted by Gasteiger charge is 2.22. The molecule has 2 aromatic carbocycles. The molecule has 0 aliphatic heterocycles. The summed E-state index contributed by atoms with van der Waals surface area (Å²) in [5.74, 6) is 1.90. The molecule has 31 heavy (non-hydrogen) atoms. The van der Waals surface area contributed by atoms with Crippen LogP contribution in [0.4, 0.5) is 5.69 Å². The van der Waals surface area contributed by atoms with Crippen LogP contribution in [0.25, 0.3) is 0 Å². The molecule has 0 bridgehead atoms. The van der Waals surface area contributed by atoms with Gasteiger partial charge in [-0.3, -0.25) is 9.79 Å². The first-order chi connectivity index (χ1) is 14.7. The molecule has 0 atom stereocenters. The minimum atomic E-state index is 0. The molecule has 1 saturated carbocycles. The van der Waals surface area contributed by atoms with Gasteiger partial charge in [0.2, 0.25) is 5.91 Å². The van der Waals surface area contributed by atoms with Crippen molar-refractivity contribution >= 4 is 41.5 Å². The number of halogens is 1. The Hall–Kier alpha value is -2.29. The minimum Gasteiger partial charge on any atom is -0.494 e. The maximum absolute atomic E-state index is 12.4. The van der Waals surface area contributed by atoms with E-state index in [0.717, 1.165) is 48.2 Å². The number of carbonyl (C=O) groups is 1. The molecule has 0 saturated heterocycles. The number of anilines is 1. The van der Waals surface area contributed by atoms with E-state index >= 15 is 0 Å². The van der Waals surface area contributed by atoms with E-state index < -0.39 is 0 Å². The smallest absolute Gasteiger partial charge is 0.227 e. The third-order valence-electron chi connectivity index (χ3n) is 5.32. The summed E-state index contributed by atoms with van der Waals surface area (Å²) in [6.45, 7) is 3.85. The summed E-state index contributed by atoms with van der Waals surface area (Å²) in [5, 5.41) is 9.72. The highest BCUT2D eigenvalue weighted by Crippen LogP contribution is 2.26. The van der Waals surface area contributed by atoms with E-state index in [-0.39, 0.29) is 35.8 Å². The van der Waals surface area contributed by atoms with Crippen LogP contribution in [0.3, 0.4) is 0 Å². The average molecular weight is 536 g/mol. The van der Waals surface area contributed by atoms with Crippen LogP contribution in [0.5, 0.6) is 5.75 Å². The summed E-state index contributed by atoms with van der Waals surface area (Å²) in [6.07, 6.45) is 4.31. The van der Waals surface area contributed by atoms with E-state index in [1.165, 1.54) is 0 Å². The van der Waals surface area contributed by atoms with Gasteiger partial charge in [0.1, 0.15) is 5.75 Å². The molecule has 0 aromatic heterocycles. The molecule has 168 valence electrons. The minimum absolute atomic E-state index is 0. The first-order valence-corrected chi connectivity index (χ1v) is 10.7. The fourth-order valence-corrected chi connectivity index (χ4v) is 3.72. The zero-order valence-electron chi connectivity index (χ0n) is 18.3. The molecule has 0 spiro atoms. The standard InChI is InChI=1S/C24H32N4O2.HI/c1-3-30-22-14-7-6-12-20(22)17-27-24(25-2)26-16-18-9-8-13-21(15-18)28-23(29)19-10-4-5-11-19;/h6-9,12-15,19H,3-5,10-11,16-17H2,1-2H3,(H,28,29)(H2,25,26,27);1H. The van der Waals surface area contributed by atoms with Crippen LogP contribution >= 0.6 is 24.0 Å².